The number of hydrogen-bond acceptors (Lipinski definition) is 5. The Hall–Kier alpha value is -2.42. The van der Waals surface area contributed by atoms with Crippen molar-refractivity contribution < 1.29 is 13.2 Å². The standard InChI is InChI=1S/C21H22ClN3O3S2/c1-13-18(29-20(23-13)21(2,3)4)19(26)24-14-8-7-9-15(12-14)30(27,28)25-17-11-6-5-10-16(17)22/h5-12,25H,1-4H3,(H,24,26). The molecule has 30 heavy (non-hydrogen) atoms. The summed E-state index contributed by atoms with van der Waals surface area (Å²) >= 11 is 7.38. The minimum atomic E-state index is -3.88. The second-order valence-electron chi connectivity index (χ2n) is 7.75. The molecule has 0 unspecified atom stereocenters. The number of thiazole rings is 1. The lowest BCUT2D eigenvalue weighted by Crippen LogP contribution is -2.15. The molecule has 0 bridgehead atoms. The molecular weight excluding hydrogens is 442 g/mol. The van der Waals surface area contributed by atoms with Crippen LogP contribution >= 0.6 is 22.9 Å². The van der Waals surface area contributed by atoms with Gasteiger partial charge in [-0.15, -0.1) is 11.3 Å². The molecule has 2 N–H and O–H groups in total. The van der Waals surface area contributed by atoms with E-state index >= 15 is 0 Å². The van der Waals surface area contributed by atoms with Gasteiger partial charge in [0.2, 0.25) is 0 Å². The molecule has 158 valence electrons. The summed E-state index contributed by atoms with van der Waals surface area (Å²) in [6.45, 7) is 7.89. The van der Waals surface area contributed by atoms with Gasteiger partial charge >= 0.3 is 0 Å². The summed E-state index contributed by atoms with van der Waals surface area (Å²) in [5.41, 5.74) is 1.13. The molecule has 6 nitrogen and oxygen atoms in total. The Bertz CT molecular complexity index is 1200. The van der Waals surface area contributed by atoms with Gasteiger partial charge in [-0.25, -0.2) is 13.4 Å². The van der Waals surface area contributed by atoms with Gasteiger partial charge in [0.1, 0.15) is 4.88 Å². The Kier molecular flexibility index (Phi) is 6.21. The number of anilines is 2. The third kappa shape index (κ3) is 5.00. The third-order valence-corrected chi connectivity index (χ3v) is 7.44. The van der Waals surface area contributed by atoms with Crippen LogP contribution in [0.2, 0.25) is 5.02 Å². The van der Waals surface area contributed by atoms with E-state index in [1.165, 1.54) is 23.5 Å². The van der Waals surface area contributed by atoms with E-state index in [9.17, 15) is 13.2 Å². The van der Waals surface area contributed by atoms with Gasteiger partial charge in [0.25, 0.3) is 15.9 Å². The first-order chi connectivity index (χ1) is 14.0. The number of aromatic nitrogens is 1. The van der Waals surface area contributed by atoms with E-state index in [0.29, 0.717) is 21.3 Å². The molecule has 0 aliphatic heterocycles. The first-order valence-corrected chi connectivity index (χ1v) is 11.8. The molecule has 0 fully saturated rings. The Morgan fingerprint density at radius 2 is 1.80 bits per heavy atom. The van der Waals surface area contributed by atoms with Crippen LogP contribution in [-0.2, 0) is 15.4 Å². The summed E-state index contributed by atoms with van der Waals surface area (Å²) in [6, 6.07) is 12.6. The number of halogens is 1. The smallest absolute Gasteiger partial charge is 0.267 e. The average Bonchev–Trinajstić information content (AvgIpc) is 3.06. The van der Waals surface area contributed by atoms with E-state index in [0.717, 1.165) is 5.01 Å². The van der Waals surface area contributed by atoms with Crippen LogP contribution in [0.25, 0.3) is 0 Å². The van der Waals surface area contributed by atoms with Gasteiger partial charge in [-0.2, -0.15) is 0 Å². The van der Waals surface area contributed by atoms with E-state index < -0.39 is 10.0 Å². The van der Waals surface area contributed by atoms with Gasteiger partial charge in [0.05, 0.1) is 26.3 Å². The molecule has 0 atom stereocenters. The van der Waals surface area contributed by atoms with E-state index in [-0.39, 0.29) is 21.9 Å². The number of nitrogens with zero attached hydrogens (tertiary/aromatic N) is 1. The van der Waals surface area contributed by atoms with Gasteiger partial charge in [0.15, 0.2) is 0 Å². The molecule has 9 heteroatoms. The van der Waals surface area contributed by atoms with Crippen LogP contribution in [0.3, 0.4) is 0 Å². The highest BCUT2D eigenvalue weighted by Gasteiger charge is 2.23. The van der Waals surface area contributed by atoms with Gasteiger partial charge in [-0.1, -0.05) is 50.6 Å². The maximum atomic E-state index is 12.7. The maximum absolute atomic E-state index is 12.7. The largest absolute Gasteiger partial charge is 0.321 e. The number of rotatable bonds is 5. The zero-order chi connectivity index (χ0) is 22.1. The van der Waals surface area contributed by atoms with Crippen molar-refractivity contribution in [2.24, 2.45) is 0 Å². The van der Waals surface area contributed by atoms with Crippen molar-refractivity contribution in [3.63, 3.8) is 0 Å². The molecule has 1 aromatic heterocycles. The molecule has 3 aromatic rings. The maximum Gasteiger partial charge on any atom is 0.267 e. The fourth-order valence-electron chi connectivity index (χ4n) is 2.60. The molecule has 0 aliphatic rings. The number of carbonyl (C=O) groups excluding carboxylic acids is 1. The van der Waals surface area contributed by atoms with E-state index in [4.69, 9.17) is 11.6 Å². The monoisotopic (exact) mass is 463 g/mol. The Morgan fingerprint density at radius 3 is 2.43 bits per heavy atom. The van der Waals surface area contributed by atoms with Crippen molar-refractivity contribution in [3.8, 4) is 0 Å². The molecular formula is C21H22ClN3O3S2. The van der Waals surface area contributed by atoms with Crippen LogP contribution in [0, 0.1) is 6.92 Å². The molecule has 0 saturated heterocycles. The molecule has 0 spiro atoms. The van der Waals surface area contributed by atoms with E-state index in [2.05, 4.69) is 15.0 Å². The van der Waals surface area contributed by atoms with Crippen molar-refractivity contribution in [3.05, 3.63) is 69.1 Å². The van der Waals surface area contributed by atoms with Crippen molar-refractivity contribution >= 4 is 50.2 Å². The molecule has 1 heterocycles. The fraction of sp³-hybridized carbons (Fsp3) is 0.238. The minimum absolute atomic E-state index is 0.0108. The summed E-state index contributed by atoms with van der Waals surface area (Å²) in [7, 11) is -3.88. The number of amides is 1. The summed E-state index contributed by atoms with van der Waals surface area (Å²) < 4.78 is 27.9. The Labute approximate surface area is 185 Å². The van der Waals surface area contributed by atoms with Crippen molar-refractivity contribution in [2.45, 2.75) is 38.0 Å². The highest BCUT2D eigenvalue weighted by Crippen LogP contribution is 2.30. The van der Waals surface area contributed by atoms with Crippen molar-refractivity contribution in [2.75, 3.05) is 10.0 Å². The number of aryl methyl sites for hydroxylation is 1. The number of para-hydroxylation sites is 1. The number of hydrogen-bond donors (Lipinski definition) is 2. The van der Waals surface area contributed by atoms with Crippen LogP contribution < -0.4 is 10.0 Å². The normalized spacial score (nSPS) is 11.9. The van der Waals surface area contributed by atoms with Gasteiger partial charge in [0, 0.05) is 11.1 Å². The summed E-state index contributed by atoms with van der Waals surface area (Å²) in [5.74, 6) is -0.325. The predicted octanol–water partition coefficient (Wildman–Crippen LogP) is 5.46. The number of carbonyl (C=O) groups is 1. The van der Waals surface area contributed by atoms with Gasteiger partial charge in [-0.05, 0) is 37.3 Å². The third-order valence-electron chi connectivity index (χ3n) is 4.16. The molecule has 0 aliphatic carbocycles. The van der Waals surface area contributed by atoms with Gasteiger partial charge < -0.3 is 5.32 Å². The first kappa shape index (κ1) is 22.3. The van der Waals surface area contributed by atoms with Crippen LogP contribution in [0.4, 0.5) is 11.4 Å². The quantitative estimate of drug-likeness (QED) is 0.526. The molecule has 0 saturated carbocycles. The average molecular weight is 464 g/mol. The molecule has 0 radical (unpaired) electrons. The molecule has 2 aromatic carbocycles. The second-order valence-corrected chi connectivity index (χ2v) is 10.8. The lowest BCUT2D eigenvalue weighted by Gasteiger charge is -2.13. The zero-order valence-corrected chi connectivity index (χ0v) is 19.4. The van der Waals surface area contributed by atoms with Crippen LogP contribution in [-0.4, -0.2) is 19.3 Å². The molecule has 1 amide bonds. The van der Waals surface area contributed by atoms with Gasteiger partial charge in [-0.3, -0.25) is 9.52 Å². The van der Waals surface area contributed by atoms with E-state index in [1.54, 1.807) is 43.3 Å². The van der Waals surface area contributed by atoms with Crippen LogP contribution in [0.15, 0.2) is 53.4 Å². The number of sulfonamides is 1. The Balaban J connectivity index is 1.83. The predicted molar refractivity (Wildman–Crippen MR) is 122 cm³/mol. The first-order valence-electron chi connectivity index (χ1n) is 9.14. The van der Waals surface area contributed by atoms with Crippen molar-refractivity contribution in [1.29, 1.82) is 0 Å². The minimum Gasteiger partial charge on any atom is -0.321 e. The highest BCUT2D eigenvalue weighted by atomic mass is 35.5. The van der Waals surface area contributed by atoms with Crippen LogP contribution in [0.1, 0.15) is 41.1 Å². The number of nitrogens with one attached hydrogen (secondary N) is 2. The fourth-order valence-corrected chi connectivity index (χ4v) is 4.99. The highest BCUT2D eigenvalue weighted by molar-refractivity contribution is 7.92. The SMILES string of the molecule is Cc1nc(C(C)(C)C)sc1C(=O)Nc1cccc(S(=O)(=O)Nc2ccccc2Cl)c1. The summed E-state index contributed by atoms with van der Waals surface area (Å²) in [4.78, 5) is 17.8. The Morgan fingerprint density at radius 1 is 1.10 bits per heavy atom. The summed E-state index contributed by atoms with van der Waals surface area (Å²) in [6.07, 6.45) is 0. The van der Waals surface area contributed by atoms with Crippen LogP contribution in [0.5, 0.6) is 0 Å². The lowest BCUT2D eigenvalue weighted by molar-refractivity contribution is 0.102. The second kappa shape index (κ2) is 8.37. The lowest BCUT2D eigenvalue weighted by atomic mass is 9.98. The molecule has 3 rings (SSSR count). The zero-order valence-electron chi connectivity index (χ0n) is 17.0. The topological polar surface area (TPSA) is 88.2 Å². The number of benzene rings is 2. The van der Waals surface area contributed by atoms with Crippen molar-refractivity contribution in [1.82, 2.24) is 4.98 Å². The summed E-state index contributed by atoms with van der Waals surface area (Å²) in [5, 5.41) is 3.92. The van der Waals surface area contributed by atoms with E-state index in [1.807, 2.05) is 20.8 Å².